The fourth-order valence-corrected chi connectivity index (χ4v) is 4.94. The van der Waals surface area contributed by atoms with Gasteiger partial charge in [0, 0.05) is 31.5 Å². The molecule has 5 heterocycles. The van der Waals surface area contributed by atoms with Crippen LogP contribution in [0.25, 0.3) is 15.8 Å². The first kappa shape index (κ1) is 20.2. The minimum Gasteiger partial charge on any atom is -0.479 e. The molecule has 3 aliphatic rings. The molecule has 2 fully saturated rings. The minimum absolute atomic E-state index is 0.452. The first-order valence-corrected chi connectivity index (χ1v) is 10.7. The largest absolute Gasteiger partial charge is 0.479 e. The normalized spacial score (nSPS) is 20.2. The van der Waals surface area contributed by atoms with E-state index in [0.717, 1.165) is 29.1 Å². The monoisotopic (exact) mass is 418 g/mol. The van der Waals surface area contributed by atoms with Gasteiger partial charge in [0.15, 0.2) is 5.13 Å². The number of nitrogens with one attached hydrogen (secondary N) is 2. The number of ether oxygens (including phenoxy) is 3. The Balaban J connectivity index is 0.000000171. The number of pyridine rings is 1. The van der Waals surface area contributed by atoms with Crippen LogP contribution >= 0.6 is 11.3 Å². The smallest absolute Gasteiger partial charge is 0.241 e. The summed E-state index contributed by atoms with van der Waals surface area (Å²) in [6.45, 7) is 5.61. The molecule has 156 valence electrons. The Kier molecular flexibility index (Phi) is 6.39. The molecule has 2 aromatic rings. The van der Waals surface area contributed by atoms with Gasteiger partial charge in [-0.3, -0.25) is 4.79 Å². The van der Waals surface area contributed by atoms with Gasteiger partial charge in [-0.05, 0) is 36.8 Å². The molecule has 0 aromatic carbocycles. The van der Waals surface area contributed by atoms with E-state index < -0.39 is 0 Å². The van der Waals surface area contributed by atoms with Crippen LogP contribution in [0.4, 0.5) is 5.13 Å². The van der Waals surface area contributed by atoms with Crippen molar-refractivity contribution in [3.8, 4) is 5.88 Å². The Morgan fingerprint density at radius 2 is 2.17 bits per heavy atom. The zero-order valence-corrected chi connectivity index (χ0v) is 17.3. The molecule has 5 rings (SSSR count). The third-order valence-corrected chi connectivity index (χ3v) is 6.72. The van der Waals surface area contributed by atoms with Gasteiger partial charge in [0.2, 0.25) is 12.3 Å². The summed E-state index contributed by atoms with van der Waals surface area (Å²) < 4.78 is 16.8. The van der Waals surface area contributed by atoms with E-state index in [2.05, 4.69) is 20.6 Å². The summed E-state index contributed by atoms with van der Waals surface area (Å²) in [5, 5.41) is 6.51. The van der Waals surface area contributed by atoms with Crippen LogP contribution in [0.2, 0.25) is 0 Å². The molecule has 0 saturated carbocycles. The number of carbonyl (C=O) groups excluding carboxylic acids is 1. The Bertz CT molecular complexity index is 884. The number of amides is 1. The molecule has 0 atom stereocenters. The van der Waals surface area contributed by atoms with Crippen LogP contribution in [0.15, 0.2) is 12.3 Å². The number of hydrogen-bond acceptors (Lipinski definition) is 8. The predicted molar refractivity (Wildman–Crippen MR) is 112 cm³/mol. The van der Waals surface area contributed by atoms with Crippen molar-refractivity contribution < 1.29 is 19.0 Å². The summed E-state index contributed by atoms with van der Waals surface area (Å²) in [5.74, 6) is 0.452. The highest BCUT2D eigenvalue weighted by Gasteiger charge is 2.35. The average Bonchev–Trinajstić information content (AvgIpc) is 3.50. The lowest BCUT2D eigenvalue weighted by molar-refractivity contribution is -0.105. The van der Waals surface area contributed by atoms with Crippen LogP contribution in [-0.4, -0.2) is 63.0 Å². The third kappa shape index (κ3) is 4.42. The first-order valence-electron chi connectivity index (χ1n) is 9.84. The fourth-order valence-electron chi connectivity index (χ4n) is 3.98. The summed E-state index contributed by atoms with van der Waals surface area (Å²) in [5.41, 5.74) is 3.35. The Morgan fingerprint density at radius 1 is 1.31 bits per heavy atom. The fraction of sp³-hybridized carbons (Fsp3) is 0.550. The number of hydrogen-bond donors (Lipinski definition) is 2. The molecule has 8 nitrogen and oxygen atoms in total. The van der Waals surface area contributed by atoms with Crippen molar-refractivity contribution in [2.24, 2.45) is 5.41 Å². The summed E-state index contributed by atoms with van der Waals surface area (Å²) in [6, 6.07) is 0. The number of fused-ring (bicyclic) bond motifs is 1. The van der Waals surface area contributed by atoms with Crippen LogP contribution in [0.3, 0.4) is 0 Å². The molecule has 0 bridgehead atoms. The minimum atomic E-state index is 0.452. The lowest BCUT2D eigenvalue weighted by Gasteiger charge is -2.32. The maximum atomic E-state index is 10.5. The molecular weight excluding hydrogens is 392 g/mol. The van der Waals surface area contributed by atoms with Gasteiger partial charge >= 0.3 is 0 Å². The van der Waals surface area contributed by atoms with E-state index in [1.54, 1.807) is 13.3 Å². The molecule has 0 radical (unpaired) electrons. The Hall–Kier alpha value is -2.07. The van der Waals surface area contributed by atoms with Crippen LogP contribution in [0.5, 0.6) is 5.88 Å². The average molecular weight is 419 g/mol. The topological polar surface area (TPSA) is 94.6 Å². The molecule has 3 aliphatic heterocycles. The number of aromatic nitrogens is 2. The maximum Gasteiger partial charge on any atom is 0.241 e. The number of anilines is 1. The van der Waals surface area contributed by atoms with Gasteiger partial charge in [-0.1, -0.05) is 17.4 Å². The maximum absolute atomic E-state index is 10.5. The van der Waals surface area contributed by atoms with Crippen molar-refractivity contribution >= 4 is 38.7 Å². The number of thiazole rings is 1. The molecule has 2 saturated heterocycles. The number of rotatable bonds is 4. The van der Waals surface area contributed by atoms with E-state index in [4.69, 9.17) is 14.2 Å². The summed E-state index contributed by atoms with van der Waals surface area (Å²) in [6.07, 6.45) is 8.31. The van der Waals surface area contributed by atoms with E-state index in [1.807, 2.05) is 6.08 Å². The molecule has 1 spiro atoms. The molecular formula is C20H26N4O4S. The second kappa shape index (κ2) is 9.17. The number of nitrogens with zero attached hydrogens (tertiary/aromatic N) is 2. The van der Waals surface area contributed by atoms with E-state index in [-0.39, 0.29) is 0 Å². The lowest BCUT2D eigenvalue weighted by atomic mass is 9.80. The molecule has 0 unspecified atom stereocenters. The van der Waals surface area contributed by atoms with Crippen molar-refractivity contribution in [3.63, 3.8) is 0 Å². The van der Waals surface area contributed by atoms with Crippen molar-refractivity contribution in [3.05, 3.63) is 17.8 Å². The Labute approximate surface area is 173 Å². The molecule has 2 N–H and O–H groups in total. The second-order valence-electron chi connectivity index (χ2n) is 7.42. The zero-order valence-electron chi connectivity index (χ0n) is 16.5. The highest BCUT2D eigenvalue weighted by molar-refractivity contribution is 7.22. The number of carbonyl (C=O) groups is 1. The van der Waals surface area contributed by atoms with Gasteiger partial charge in [0.1, 0.15) is 5.52 Å². The molecule has 9 heteroatoms. The third-order valence-electron chi connectivity index (χ3n) is 5.70. The van der Waals surface area contributed by atoms with Crippen LogP contribution in [-0.2, 0) is 14.3 Å². The van der Waals surface area contributed by atoms with E-state index >= 15 is 0 Å². The van der Waals surface area contributed by atoms with Crippen molar-refractivity contribution in [1.82, 2.24) is 15.3 Å². The standard InChI is InChI=1S/C12H11N3O3S.C8H15NO/c1-17-11-9-10(19-12(15-9)14-6-16)8(4-13-11)7-2-3-18-5-7;1-4-9-7-8(1)2-5-10-6-3-8/h2,4,6H,3,5H2,1H3,(H,14,15,16);9H,1-7H2. The Morgan fingerprint density at radius 3 is 2.83 bits per heavy atom. The highest BCUT2D eigenvalue weighted by atomic mass is 32.1. The van der Waals surface area contributed by atoms with E-state index in [0.29, 0.717) is 41.6 Å². The van der Waals surface area contributed by atoms with Gasteiger partial charge in [-0.15, -0.1) is 0 Å². The summed E-state index contributed by atoms with van der Waals surface area (Å²) in [7, 11) is 1.55. The van der Waals surface area contributed by atoms with Crippen LogP contribution < -0.4 is 15.4 Å². The summed E-state index contributed by atoms with van der Waals surface area (Å²) in [4.78, 5) is 19.1. The SMILES string of the molecule is C1CC2(CCOCC2)CN1.COc1ncc(C2=CCOC2)c2sc(NC=O)nc12. The molecule has 0 aliphatic carbocycles. The van der Waals surface area contributed by atoms with Gasteiger partial charge in [0.05, 0.1) is 25.0 Å². The van der Waals surface area contributed by atoms with Crippen molar-refractivity contribution in [2.75, 3.05) is 51.9 Å². The van der Waals surface area contributed by atoms with Crippen LogP contribution in [0, 0.1) is 5.41 Å². The molecule has 29 heavy (non-hydrogen) atoms. The quantitative estimate of drug-likeness (QED) is 0.737. The number of methoxy groups -OCH3 is 1. The molecule has 2 aromatic heterocycles. The van der Waals surface area contributed by atoms with Gasteiger partial charge < -0.3 is 24.8 Å². The van der Waals surface area contributed by atoms with Crippen LogP contribution in [0.1, 0.15) is 24.8 Å². The lowest BCUT2D eigenvalue weighted by Crippen LogP contribution is -2.31. The van der Waals surface area contributed by atoms with Gasteiger partial charge in [-0.25, -0.2) is 9.97 Å². The zero-order chi connectivity index (χ0) is 20.1. The van der Waals surface area contributed by atoms with Gasteiger partial charge in [-0.2, -0.15) is 0 Å². The van der Waals surface area contributed by atoms with Gasteiger partial charge in [0.25, 0.3) is 0 Å². The van der Waals surface area contributed by atoms with Crippen molar-refractivity contribution in [2.45, 2.75) is 19.3 Å². The second-order valence-corrected chi connectivity index (χ2v) is 8.42. The summed E-state index contributed by atoms with van der Waals surface area (Å²) >= 11 is 1.39. The van der Waals surface area contributed by atoms with E-state index in [9.17, 15) is 4.79 Å². The van der Waals surface area contributed by atoms with E-state index in [1.165, 1.54) is 43.7 Å². The first-order chi connectivity index (χ1) is 14.2. The molecule has 1 amide bonds. The highest BCUT2D eigenvalue weighted by Crippen LogP contribution is 2.37. The van der Waals surface area contributed by atoms with Crippen molar-refractivity contribution in [1.29, 1.82) is 0 Å². The predicted octanol–water partition coefficient (Wildman–Crippen LogP) is 2.46.